The molecule has 1 aliphatic carbocycles. The first-order chi connectivity index (χ1) is 30.8. The molecule has 338 valence electrons. The molecule has 1 saturated carbocycles. The van der Waals surface area contributed by atoms with Crippen LogP contribution in [0.3, 0.4) is 0 Å². The molecule has 17 heteroatoms. The summed E-state index contributed by atoms with van der Waals surface area (Å²) in [7, 11) is 0. The SMILES string of the molecule is Cc1cc(C)cc(-c2c3[nH]ccc3cn2O[C@@H]2[C@@H](Oc3ccc4c(=O)c(-c5ccc(O)cc5)coc4c3)O[C@@H]([C@@H](O)OC(=O)[C@H](C(=O)O)[C@H](CCO)NC3CCCCC3)[C@H](O)[C@H]2O)c1. The molecule has 4 heterocycles. The number of carboxylic acids is 1. The fourth-order valence-electron chi connectivity index (χ4n) is 8.81. The Bertz CT molecular complexity index is 2650. The van der Waals surface area contributed by atoms with Crippen molar-refractivity contribution in [2.45, 2.75) is 101 Å². The highest BCUT2D eigenvalue weighted by molar-refractivity contribution is 5.95. The van der Waals surface area contributed by atoms with Gasteiger partial charge in [-0.05, 0) is 81.1 Å². The number of aromatic amines is 1. The molecule has 1 aliphatic heterocycles. The molecular formula is C47H51N3O14. The first-order valence-corrected chi connectivity index (χ1v) is 21.3. The van der Waals surface area contributed by atoms with Gasteiger partial charge in [0, 0.05) is 41.9 Å². The number of aliphatic carboxylic acids is 1. The van der Waals surface area contributed by atoms with Crippen LogP contribution in [0.2, 0.25) is 0 Å². The summed E-state index contributed by atoms with van der Waals surface area (Å²) in [6.45, 7) is 3.47. The summed E-state index contributed by atoms with van der Waals surface area (Å²) in [6, 6.07) is 17.0. The van der Waals surface area contributed by atoms with Crippen LogP contribution < -0.4 is 20.3 Å². The molecule has 17 nitrogen and oxygen atoms in total. The molecule has 64 heavy (non-hydrogen) atoms. The summed E-state index contributed by atoms with van der Waals surface area (Å²) in [4.78, 5) is 49.5. The van der Waals surface area contributed by atoms with E-state index < -0.39 is 67.5 Å². The number of aliphatic hydroxyl groups is 4. The zero-order chi connectivity index (χ0) is 45.2. The molecule has 2 aliphatic rings. The highest BCUT2D eigenvalue weighted by Gasteiger charge is 2.52. The lowest BCUT2D eigenvalue weighted by Crippen LogP contribution is -2.65. The molecule has 8 atom stereocenters. The fraction of sp³-hybridized carbons (Fsp3) is 0.383. The van der Waals surface area contributed by atoms with Gasteiger partial charge in [-0.2, -0.15) is 4.73 Å². The first kappa shape index (κ1) is 44.4. The molecule has 0 bridgehead atoms. The van der Waals surface area contributed by atoms with Crippen LogP contribution in [0.1, 0.15) is 49.7 Å². The number of phenolic OH excluding ortho intramolecular Hbond substituents is 1. The van der Waals surface area contributed by atoms with Gasteiger partial charge < -0.3 is 64.4 Å². The molecule has 1 saturated heterocycles. The van der Waals surface area contributed by atoms with Gasteiger partial charge in [-0.3, -0.25) is 14.4 Å². The number of aliphatic hydroxyl groups excluding tert-OH is 4. The third kappa shape index (κ3) is 9.22. The van der Waals surface area contributed by atoms with Crippen molar-refractivity contribution < 1.29 is 63.7 Å². The second-order valence-electron chi connectivity index (χ2n) is 16.6. The van der Waals surface area contributed by atoms with Gasteiger partial charge in [-0.25, -0.2) is 0 Å². The van der Waals surface area contributed by atoms with Crippen LogP contribution in [0.15, 0.2) is 94.6 Å². The van der Waals surface area contributed by atoms with Crippen molar-refractivity contribution in [3.63, 3.8) is 0 Å². The fourth-order valence-corrected chi connectivity index (χ4v) is 8.81. The number of nitrogens with one attached hydrogen (secondary N) is 2. The molecule has 8 N–H and O–H groups in total. The Labute approximate surface area is 366 Å². The van der Waals surface area contributed by atoms with E-state index in [1.54, 1.807) is 24.5 Å². The summed E-state index contributed by atoms with van der Waals surface area (Å²) < 4.78 is 25.0. The van der Waals surface area contributed by atoms with Crippen LogP contribution in [0.5, 0.6) is 11.5 Å². The van der Waals surface area contributed by atoms with E-state index in [1.807, 2.05) is 38.1 Å². The van der Waals surface area contributed by atoms with Crippen LogP contribution >= 0.6 is 0 Å². The van der Waals surface area contributed by atoms with E-state index in [1.165, 1.54) is 41.3 Å². The molecule has 6 aromatic rings. The van der Waals surface area contributed by atoms with Crippen molar-refractivity contribution in [2.75, 3.05) is 6.61 Å². The van der Waals surface area contributed by atoms with E-state index in [-0.39, 0.29) is 45.9 Å². The van der Waals surface area contributed by atoms with Crippen LogP contribution in [-0.2, 0) is 19.1 Å². The Kier molecular flexibility index (Phi) is 13.1. The first-order valence-electron chi connectivity index (χ1n) is 21.3. The van der Waals surface area contributed by atoms with E-state index in [4.69, 9.17) is 23.5 Å². The average molecular weight is 882 g/mol. The number of ether oxygens (including phenoxy) is 3. The van der Waals surface area contributed by atoms with Gasteiger partial charge in [0.15, 0.2) is 17.5 Å². The third-order valence-corrected chi connectivity index (χ3v) is 11.9. The molecule has 2 fully saturated rings. The maximum atomic E-state index is 13.6. The second kappa shape index (κ2) is 18.9. The number of hydrogen-bond donors (Lipinski definition) is 8. The summed E-state index contributed by atoms with van der Waals surface area (Å²) in [5.74, 6) is -4.70. The molecule has 3 aromatic heterocycles. The smallest absolute Gasteiger partial charge is 0.324 e. The number of aromatic nitrogens is 2. The van der Waals surface area contributed by atoms with Gasteiger partial charge in [0.05, 0.1) is 22.7 Å². The van der Waals surface area contributed by atoms with Crippen molar-refractivity contribution >= 4 is 33.8 Å². The van der Waals surface area contributed by atoms with Crippen LogP contribution in [0.25, 0.3) is 44.3 Å². The third-order valence-electron chi connectivity index (χ3n) is 11.9. The zero-order valence-electron chi connectivity index (χ0n) is 35.1. The van der Waals surface area contributed by atoms with E-state index in [2.05, 4.69) is 10.3 Å². The maximum Gasteiger partial charge on any atom is 0.324 e. The number of aromatic hydroxyl groups is 1. The van der Waals surface area contributed by atoms with Crippen molar-refractivity contribution in [3.05, 3.63) is 107 Å². The Morgan fingerprint density at radius 2 is 1.69 bits per heavy atom. The number of hydrogen-bond acceptors (Lipinski definition) is 14. The average Bonchev–Trinajstić information content (AvgIpc) is 3.85. The molecule has 0 radical (unpaired) electrons. The molecule has 0 amide bonds. The van der Waals surface area contributed by atoms with Gasteiger partial charge in [-0.15, -0.1) is 0 Å². The largest absolute Gasteiger partial charge is 0.508 e. The predicted molar refractivity (Wildman–Crippen MR) is 231 cm³/mol. The van der Waals surface area contributed by atoms with E-state index in [0.717, 1.165) is 54.2 Å². The van der Waals surface area contributed by atoms with E-state index in [0.29, 0.717) is 16.8 Å². The Morgan fingerprint density at radius 1 is 0.953 bits per heavy atom. The minimum atomic E-state index is -2.33. The lowest BCUT2D eigenvalue weighted by atomic mass is 9.91. The summed E-state index contributed by atoms with van der Waals surface area (Å²) in [6.07, 6.45) is -2.41. The highest BCUT2D eigenvalue weighted by Crippen LogP contribution is 2.34. The monoisotopic (exact) mass is 881 g/mol. The van der Waals surface area contributed by atoms with Gasteiger partial charge in [0.2, 0.25) is 18.7 Å². The van der Waals surface area contributed by atoms with Gasteiger partial charge in [-0.1, -0.05) is 48.6 Å². The topological polar surface area (TPSA) is 255 Å². The molecule has 8 rings (SSSR count). The van der Waals surface area contributed by atoms with Crippen molar-refractivity contribution in [1.82, 2.24) is 15.0 Å². The van der Waals surface area contributed by atoms with Crippen molar-refractivity contribution in [3.8, 4) is 33.9 Å². The second-order valence-corrected chi connectivity index (χ2v) is 16.6. The molecule has 0 unspecified atom stereocenters. The number of nitrogens with zero attached hydrogens (tertiary/aromatic N) is 1. The molecular weight excluding hydrogens is 831 g/mol. The standard InChI is InChI=1S/C47H51N3O14/c1-24-18-25(2)20-28(19-24)38-37-27(14-16-48-37)22-50(38)64-43-41(55)40(54)42(46(59)63-45(58)36(44(56)57)34(15-17-51)49-29-6-4-3-5-7-29)62-47(43)61-31-12-13-32-35(21-31)60-23-33(39(32)53)26-8-10-30(52)11-9-26/h8-14,16,18-23,29,34,36,40-43,46-49,51-52,54-55,59H,3-7,15,17H2,1-2H3,(H,56,57)/t34-,36-,40+,41+,42+,43-,46-,47-/m0/s1. The number of carboxylic acid groups (broad SMARTS) is 1. The lowest BCUT2D eigenvalue weighted by molar-refractivity contribution is -0.318. The zero-order valence-corrected chi connectivity index (χ0v) is 35.1. The number of rotatable bonds is 15. The maximum absolute atomic E-state index is 13.6. The van der Waals surface area contributed by atoms with Gasteiger partial charge >= 0.3 is 11.9 Å². The highest BCUT2D eigenvalue weighted by atomic mass is 16.8. The minimum Gasteiger partial charge on any atom is -0.508 e. The normalized spacial score (nSPS) is 21.9. The Morgan fingerprint density at radius 3 is 2.39 bits per heavy atom. The number of carbonyl (C=O) groups excluding carboxylic acids is 1. The van der Waals surface area contributed by atoms with E-state index >= 15 is 0 Å². The van der Waals surface area contributed by atoms with Crippen LogP contribution in [-0.4, -0.2) is 108 Å². The Balaban J connectivity index is 1.11. The van der Waals surface area contributed by atoms with Crippen LogP contribution in [0, 0.1) is 19.8 Å². The number of fused-ring (bicyclic) bond motifs is 2. The Hall–Kier alpha value is -6.21. The number of H-pyrrole nitrogens is 1. The van der Waals surface area contributed by atoms with Crippen molar-refractivity contribution in [2.24, 2.45) is 5.92 Å². The quantitative estimate of drug-likeness (QED) is 0.0407. The lowest BCUT2D eigenvalue weighted by Gasteiger charge is -2.43. The summed E-state index contributed by atoms with van der Waals surface area (Å²) >= 11 is 0. The number of aryl methyl sites for hydroxylation is 2. The number of benzene rings is 3. The van der Waals surface area contributed by atoms with Crippen molar-refractivity contribution in [1.29, 1.82) is 0 Å². The number of phenols is 1. The van der Waals surface area contributed by atoms with Gasteiger partial charge in [0.25, 0.3) is 0 Å². The molecule has 0 spiro atoms. The van der Waals surface area contributed by atoms with Crippen LogP contribution in [0.4, 0.5) is 0 Å². The number of esters is 1. The predicted octanol–water partition coefficient (Wildman–Crippen LogP) is 4.29. The minimum absolute atomic E-state index is 0.0302. The van der Waals surface area contributed by atoms with E-state index in [9.17, 15) is 45.0 Å². The number of carbonyl (C=O) groups is 2. The summed E-state index contributed by atoms with van der Waals surface area (Å²) in [5.41, 5.74) is 4.49. The van der Waals surface area contributed by atoms with Gasteiger partial charge in [0.1, 0.15) is 41.2 Å². The molecule has 3 aromatic carbocycles. The summed E-state index contributed by atoms with van der Waals surface area (Å²) in [5, 5.41) is 68.7.